The molecule has 0 aliphatic heterocycles. The second kappa shape index (κ2) is 4.72. The fraction of sp³-hybridized carbons (Fsp3) is 0.588. The molecule has 112 valence electrons. The van der Waals surface area contributed by atoms with Gasteiger partial charge >= 0.3 is 0 Å². The Bertz CT molecular complexity index is 689. The van der Waals surface area contributed by atoms with E-state index in [1.165, 1.54) is 31.2 Å². The summed E-state index contributed by atoms with van der Waals surface area (Å²) in [4.78, 5) is 4.92. The molecule has 0 amide bonds. The van der Waals surface area contributed by atoms with Gasteiger partial charge in [-0.05, 0) is 49.8 Å². The van der Waals surface area contributed by atoms with Gasteiger partial charge in [-0.3, -0.25) is 0 Å². The van der Waals surface area contributed by atoms with Gasteiger partial charge in [-0.2, -0.15) is 0 Å². The summed E-state index contributed by atoms with van der Waals surface area (Å²) in [6, 6.07) is 6.61. The van der Waals surface area contributed by atoms with Gasteiger partial charge in [-0.25, -0.2) is 4.98 Å². The number of hydrogen-bond donors (Lipinski definition) is 1. The predicted octanol–water partition coefficient (Wildman–Crippen LogP) is 4.39. The Hall–Kier alpha value is -1.06. The molecule has 2 atom stereocenters. The minimum absolute atomic E-state index is 0.272. The standard InChI is InChI=1S/C17H22ClN3/c1-11-3-2-8-17(19,10-11)16-20-14-9-12(18)4-7-15(14)21(16)13-5-6-13/h4,7,9,11,13H,2-3,5-6,8,10,19H2,1H3. The molecule has 2 fully saturated rings. The van der Waals surface area contributed by atoms with Crippen LogP contribution >= 0.6 is 11.6 Å². The van der Waals surface area contributed by atoms with E-state index in [0.29, 0.717) is 12.0 Å². The van der Waals surface area contributed by atoms with Crippen molar-refractivity contribution in [2.75, 3.05) is 0 Å². The van der Waals surface area contributed by atoms with E-state index in [1.807, 2.05) is 12.1 Å². The molecule has 1 aromatic carbocycles. The van der Waals surface area contributed by atoms with E-state index in [9.17, 15) is 0 Å². The molecule has 4 rings (SSSR count). The van der Waals surface area contributed by atoms with Gasteiger partial charge in [0, 0.05) is 11.1 Å². The van der Waals surface area contributed by atoms with Crippen molar-refractivity contribution in [1.82, 2.24) is 9.55 Å². The minimum Gasteiger partial charge on any atom is -0.323 e. The summed E-state index contributed by atoms with van der Waals surface area (Å²) in [5, 5.41) is 0.748. The number of halogens is 1. The van der Waals surface area contributed by atoms with Gasteiger partial charge in [0.25, 0.3) is 0 Å². The molecule has 2 aromatic rings. The summed E-state index contributed by atoms with van der Waals surface area (Å²) < 4.78 is 2.41. The molecule has 2 N–H and O–H groups in total. The Balaban J connectivity index is 1.89. The first-order valence-electron chi connectivity index (χ1n) is 8.04. The number of imidazole rings is 1. The fourth-order valence-electron chi connectivity index (χ4n) is 3.92. The van der Waals surface area contributed by atoms with Crippen molar-refractivity contribution in [1.29, 1.82) is 0 Å². The van der Waals surface area contributed by atoms with E-state index in [2.05, 4.69) is 17.6 Å². The monoisotopic (exact) mass is 303 g/mol. The fourth-order valence-corrected chi connectivity index (χ4v) is 4.09. The predicted molar refractivity (Wildman–Crippen MR) is 86.5 cm³/mol. The van der Waals surface area contributed by atoms with Crippen molar-refractivity contribution >= 4 is 22.6 Å². The van der Waals surface area contributed by atoms with Gasteiger partial charge in [0.2, 0.25) is 0 Å². The quantitative estimate of drug-likeness (QED) is 0.894. The largest absolute Gasteiger partial charge is 0.323 e. The molecule has 0 radical (unpaired) electrons. The Kier molecular flexibility index (Phi) is 3.05. The van der Waals surface area contributed by atoms with Crippen LogP contribution in [-0.4, -0.2) is 9.55 Å². The molecule has 0 saturated heterocycles. The van der Waals surface area contributed by atoms with Gasteiger partial charge < -0.3 is 10.3 Å². The summed E-state index contributed by atoms with van der Waals surface area (Å²) in [6.07, 6.45) is 7.05. The van der Waals surface area contributed by atoms with Crippen LogP contribution in [0.1, 0.15) is 57.3 Å². The maximum absolute atomic E-state index is 6.82. The summed E-state index contributed by atoms with van der Waals surface area (Å²) in [5.74, 6) is 1.77. The lowest BCUT2D eigenvalue weighted by molar-refractivity contribution is 0.223. The Morgan fingerprint density at radius 3 is 2.86 bits per heavy atom. The minimum atomic E-state index is -0.272. The number of aromatic nitrogens is 2. The first kappa shape index (κ1) is 13.6. The second-order valence-corrected chi connectivity index (χ2v) is 7.46. The van der Waals surface area contributed by atoms with Gasteiger partial charge in [0.15, 0.2) is 0 Å². The van der Waals surface area contributed by atoms with Crippen LogP contribution in [0.15, 0.2) is 18.2 Å². The lowest BCUT2D eigenvalue weighted by Crippen LogP contribution is -2.43. The van der Waals surface area contributed by atoms with Crippen LogP contribution in [0.4, 0.5) is 0 Å². The van der Waals surface area contributed by atoms with Gasteiger partial charge in [-0.15, -0.1) is 0 Å². The van der Waals surface area contributed by atoms with Crippen LogP contribution in [0.25, 0.3) is 11.0 Å². The van der Waals surface area contributed by atoms with Gasteiger partial charge in [-0.1, -0.05) is 31.4 Å². The summed E-state index contributed by atoms with van der Waals surface area (Å²) >= 11 is 6.14. The van der Waals surface area contributed by atoms with Crippen molar-refractivity contribution in [2.45, 2.75) is 57.0 Å². The molecule has 2 saturated carbocycles. The van der Waals surface area contributed by atoms with E-state index in [-0.39, 0.29) is 5.54 Å². The SMILES string of the molecule is CC1CCCC(N)(c2nc3cc(Cl)ccc3n2C2CC2)C1. The normalized spacial score (nSPS) is 30.0. The highest BCUT2D eigenvalue weighted by atomic mass is 35.5. The van der Waals surface area contributed by atoms with Crippen LogP contribution in [0.5, 0.6) is 0 Å². The number of benzene rings is 1. The zero-order chi connectivity index (χ0) is 14.6. The molecular weight excluding hydrogens is 282 g/mol. The van der Waals surface area contributed by atoms with E-state index in [4.69, 9.17) is 22.3 Å². The first-order valence-corrected chi connectivity index (χ1v) is 8.41. The number of hydrogen-bond acceptors (Lipinski definition) is 2. The Morgan fingerprint density at radius 2 is 2.14 bits per heavy atom. The molecule has 0 spiro atoms. The molecular formula is C17H22ClN3. The Morgan fingerprint density at radius 1 is 1.33 bits per heavy atom. The molecule has 1 aromatic heterocycles. The molecule has 0 bridgehead atoms. The van der Waals surface area contributed by atoms with Gasteiger partial charge in [0.05, 0.1) is 16.6 Å². The van der Waals surface area contributed by atoms with Crippen LogP contribution in [0.3, 0.4) is 0 Å². The second-order valence-electron chi connectivity index (χ2n) is 7.03. The van der Waals surface area contributed by atoms with E-state index >= 15 is 0 Å². The zero-order valence-corrected chi connectivity index (χ0v) is 13.2. The zero-order valence-electron chi connectivity index (χ0n) is 12.5. The molecule has 2 aliphatic rings. The third kappa shape index (κ3) is 2.27. The van der Waals surface area contributed by atoms with Gasteiger partial charge in [0.1, 0.15) is 5.82 Å². The highest BCUT2D eigenvalue weighted by molar-refractivity contribution is 6.31. The number of nitrogens with zero attached hydrogens (tertiary/aromatic N) is 2. The third-order valence-corrected chi connectivity index (χ3v) is 5.28. The Labute approximate surface area is 130 Å². The molecule has 2 aliphatic carbocycles. The topological polar surface area (TPSA) is 43.8 Å². The average Bonchev–Trinajstić information content (AvgIpc) is 3.19. The highest BCUT2D eigenvalue weighted by Crippen LogP contribution is 2.44. The maximum Gasteiger partial charge on any atom is 0.130 e. The van der Waals surface area contributed by atoms with E-state index < -0.39 is 0 Å². The maximum atomic E-state index is 6.82. The lowest BCUT2D eigenvalue weighted by atomic mass is 9.76. The number of fused-ring (bicyclic) bond motifs is 1. The summed E-state index contributed by atoms with van der Waals surface area (Å²) in [7, 11) is 0. The average molecular weight is 304 g/mol. The van der Waals surface area contributed by atoms with E-state index in [1.54, 1.807) is 0 Å². The molecule has 4 heteroatoms. The van der Waals surface area contributed by atoms with Crippen molar-refractivity contribution in [3.05, 3.63) is 29.0 Å². The summed E-state index contributed by atoms with van der Waals surface area (Å²) in [6.45, 7) is 2.31. The highest BCUT2D eigenvalue weighted by Gasteiger charge is 2.40. The molecule has 3 nitrogen and oxygen atoms in total. The van der Waals surface area contributed by atoms with Crippen molar-refractivity contribution in [3.8, 4) is 0 Å². The van der Waals surface area contributed by atoms with Crippen LogP contribution < -0.4 is 5.73 Å². The van der Waals surface area contributed by atoms with Crippen molar-refractivity contribution < 1.29 is 0 Å². The molecule has 2 unspecified atom stereocenters. The van der Waals surface area contributed by atoms with Crippen molar-refractivity contribution in [3.63, 3.8) is 0 Å². The number of nitrogens with two attached hydrogens (primary N) is 1. The number of rotatable bonds is 2. The molecule has 21 heavy (non-hydrogen) atoms. The van der Waals surface area contributed by atoms with Crippen LogP contribution in [-0.2, 0) is 5.54 Å². The van der Waals surface area contributed by atoms with E-state index in [0.717, 1.165) is 29.2 Å². The van der Waals surface area contributed by atoms with Crippen LogP contribution in [0.2, 0.25) is 5.02 Å². The smallest absolute Gasteiger partial charge is 0.130 e. The van der Waals surface area contributed by atoms with Crippen LogP contribution in [0, 0.1) is 5.92 Å². The molecule has 1 heterocycles. The van der Waals surface area contributed by atoms with Crippen molar-refractivity contribution in [2.24, 2.45) is 11.7 Å². The third-order valence-electron chi connectivity index (χ3n) is 5.04. The summed E-state index contributed by atoms with van der Waals surface area (Å²) in [5.41, 5.74) is 8.74. The lowest BCUT2D eigenvalue weighted by Gasteiger charge is -2.36. The first-order chi connectivity index (χ1) is 10.1.